The van der Waals surface area contributed by atoms with E-state index in [4.69, 9.17) is 9.15 Å². The van der Waals surface area contributed by atoms with Crippen LogP contribution in [0.1, 0.15) is 84.8 Å². The quantitative estimate of drug-likeness (QED) is 0.360. The summed E-state index contributed by atoms with van der Waals surface area (Å²) in [5.41, 5.74) is 3.60. The van der Waals surface area contributed by atoms with E-state index in [9.17, 15) is 9.59 Å². The predicted molar refractivity (Wildman–Crippen MR) is 131 cm³/mol. The Hall–Kier alpha value is -3.08. The molecule has 1 aromatic heterocycles. The molecule has 1 aliphatic rings. The first-order valence-electron chi connectivity index (χ1n) is 12.1. The molecule has 0 saturated heterocycles. The molecule has 1 atom stereocenters. The zero-order valence-electron chi connectivity index (χ0n) is 20.1. The number of amides is 1. The average Bonchev–Trinajstić information content (AvgIpc) is 3.08. The molecule has 2 heterocycles. The van der Waals surface area contributed by atoms with Gasteiger partial charge in [-0.25, -0.2) is 0 Å². The Labute approximate surface area is 195 Å². The number of nitrogens with zero attached hydrogens (tertiary/aromatic N) is 1. The van der Waals surface area contributed by atoms with Gasteiger partial charge in [0.2, 0.25) is 5.76 Å². The minimum absolute atomic E-state index is 0.115. The van der Waals surface area contributed by atoms with Gasteiger partial charge in [-0.15, -0.1) is 0 Å². The van der Waals surface area contributed by atoms with Gasteiger partial charge in [0.1, 0.15) is 11.3 Å². The Balaban J connectivity index is 1.77. The van der Waals surface area contributed by atoms with E-state index in [0.717, 1.165) is 54.5 Å². The minimum atomic E-state index is -0.449. The second-order valence-corrected chi connectivity index (χ2v) is 9.01. The molecule has 3 aromatic rings. The largest absolute Gasteiger partial charge is 0.494 e. The zero-order chi connectivity index (χ0) is 23.5. The van der Waals surface area contributed by atoms with Gasteiger partial charge in [0.15, 0.2) is 5.43 Å². The highest BCUT2D eigenvalue weighted by atomic mass is 16.5. The Kier molecular flexibility index (Phi) is 6.87. The maximum Gasteiger partial charge on any atom is 0.290 e. The predicted octanol–water partition coefficient (Wildman–Crippen LogP) is 6.32. The summed E-state index contributed by atoms with van der Waals surface area (Å²) in [5.74, 6) is 0.777. The lowest BCUT2D eigenvalue weighted by Gasteiger charge is -2.25. The van der Waals surface area contributed by atoms with Crippen LogP contribution in [0.4, 0.5) is 0 Å². The lowest BCUT2D eigenvalue weighted by atomic mass is 9.97. The highest BCUT2D eigenvalue weighted by Crippen LogP contribution is 2.39. The average molecular weight is 448 g/mol. The van der Waals surface area contributed by atoms with Crippen molar-refractivity contribution in [2.75, 3.05) is 13.2 Å². The summed E-state index contributed by atoms with van der Waals surface area (Å²) < 4.78 is 12.0. The molecule has 4 rings (SSSR count). The van der Waals surface area contributed by atoms with Gasteiger partial charge in [-0.05, 0) is 61.6 Å². The molecule has 33 heavy (non-hydrogen) atoms. The van der Waals surface area contributed by atoms with Gasteiger partial charge in [0.25, 0.3) is 5.91 Å². The summed E-state index contributed by atoms with van der Waals surface area (Å²) in [6.45, 7) is 9.41. The van der Waals surface area contributed by atoms with Crippen LogP contribution in [0.2, 0.25) is 0 Å². The lowest BCUT2D eigenvalue weighted by molar-refractivity contribution is 0.0725. The highest BCUT2D eigenvalue weighted by Gasteiger charge is 2.42. The van der Waals surface area contributed by atoms with Crippen molar-refractivity contribution in [1.82, 2.24) is 4.90 Å². The maximum absolute atomic E-state index is 13.7. The fraction of sp³-hybridized carbons (Fsp3) is 0.429. The molecule has 0 saturated carbocycles. The van der Waals surface area contributed by atoms with Crippen LogP contribution in [-0.4, -0.2) is 24.0 Å². The van der Waals surface area contributed by atoms with Crippen LogP contribution in [0, 0.1) is 13.8 Å². The number of unbranched alkanes of at least 4 members (excludes halogenated alkanes) is 3. The van der Waals surface area contributed by atoms with Crippen molar-refractivity contribution in [3.63, 3.8) is 0 Å². The van der Waals surface area contributed by atoms with E-state index in [2.05, 4.69) is 13.8 Å². The number of hydrogen-bond donors (Lipinski definition) is 0. The maximum atomic E-state index is 13.7. The smallest absolute Gasteiger partial charge is 0.290 e. The molecule has 1 unspecified atom stereocenters. The third-order valence-electron chi connectivity index (χ3n) is 6.36. The van der Waals surface area contributed by atoms with Gasteiger partial charge >= 0.3 is 0 Å². The molecule has 1 amide bonds. The summed E-state index contributed by atoms with van der Waals surface area (Å²) in [6, 6.07) is 11.2. The number of benzene rings is 2. The number of carbonyl (C=O) groups is 1. The number of hydrogen-bond acceptors (Lipinski definition) is 4. The summed E-state index contributed by atoms with van der Waals surface area (Å²) >= 11 is 0. The zero-order valence-corrected chi connectivity index (χ0v) is 20.1. The van der Waals surface area contributed by atoms with Crippen LogP contribution in [0.15, 0.2) is 45.6 Å². The molecular weight excluding hydrogens is 414 g/mol. The molecule has 0 aliphatic carbocycles. The number of aryl methyl sites for hydroxylation is 2. The van der Waals surface area contributed by atoms with E-state index in [0.29, 0.717) is 29.7 Å². The van der Waals surface area contributed by atoms with Crippen molar-refractivity contribution in [2.24, 2.45) is 0 Å². The van der Waals surface area contributed by atoms with Gasteiger partial charge in [-0.3, -0.25) is 9.59 Å². The Morgan fingerprint density at radius 1 is 0.970 bits per heavy atom. The Bertz CT molecular complexity index is 1210. The van der Waals surface area contributed by atoms with E-state index in [1.165, 1.54) is 0 Å². The van der Waals surface area contributed by atoms with Crippen LogP contribution in [0.5, 0.6) is 5.75 Å². The highest BCUT2D eigenvalue weighted by molar-refractivity contribution is 5.99. The van der Waals surface area contributed by atoms with Crippen molar-refractivity contribution in [3.8, 4) is 5.75 Å². The van der Waals surface area contributed by atoms with Gasteiger partial charge in [-0.1, -0.05) is 51.3 Å². The molecule has 0 fully saturated rings. The normalized spacial score (nSPS) is 15.3. The second-order valence-electron chi connectivity index (χ2n) is 9.01. The van der Waals surface area contributed by atoms with Crippen LogP contribution in [0.3, 0.4) is 0 Å². The van der Waals surface area contributed by atoms with Crippen LogP contribution in [0.25, 0.3) is 11.0 Å². The van der Waals surface area contributed by atoms with Crippen molar-refractivity contribution in [1.29, 1.82) is 0 Å². The van der Waals surface area contributed by atoms with E-state index < -0.39 is 6.04 Å². The number of fused-ring (bicyclic) bond motifs is 2. The third-order valence-corrected chi connectivity index (χ3v) is 6.36. The molecule has 174 valence electrons. The first-order chi connectivity index (χ1) is 16.0. The Morgan fingerprint density at radius 2 is 1.70 bits per heavy atom. The number of rotatable bonds is 9. The molecule has 0 bridgehead atoms. The van der Waals surface area contributed by atoms with Crippen LogP contribution < -0.4 is 10.2 Å². The molecule has 2 aromatic carbocycles. The van der Waals surface area contributed by atoms with Gasteiger partial charge in [-0.2, -0.15) is 0 Å². The molecule has 0 N–H and O–H groups in total. The Morgan fingerprint density at radius 3 is 2.39 bits per heavy atom. The number of carbonyl (C=O) groups excluding carboxylic acids is 1. The first-order valence-corrected chi connectivity index (χ1v) is 12.1. The SMILES string of the molecule is CCCCCOc1ccc(C2c3c(oc4c(C)cc(C)cc4c3=O)C(=O)N2CCCC)cc1. The lowest BCUT2D eigenvalue weighted by Crippen LogP contribution is -2.30. The van der Waals surface area contributed by atoms with Gasteiger partial charge in [0.05, 0.1) is 23.6 Å². The monoisotopic (exact) mass is 447 g/mol. The molecular formula is C28H33NO4. The third kappa shape index (κ3) is 4.41. The molecule has 0 spiro atoms. The topological polar surface area (TPSA) is 59.8 Å². The summed E-state index contributed by atoms with van der Waals surface area (Å²) in [4.78, 5) is 28.9. The summed E-state index contributed by atoms with van der Waals surface area (Å²) in [5, 5.41) is 0.539. The van der Waals surface area contributed by atoms with E-state index in [1.54, 1.807) is 4.90 Å². The molecule has 1 aliphatic heterocycles. The molecule has 0 radical (unpaired) electrons. The molecule has 5 heteroatoms. The van der Waals surface area contributed by atoms with Crippen LogP contribution >= 0.6 is 0 Å². The van der Waals surface area contributed by atoms with Gasteiger partial charge in [0, 0.05) is 6.54 Å². The standard InChI is InChI=1S/C28H33NO4/c1-5-7-9-15-32-21-12-10-20(11-13-21)24-23-25(30)22-17-18(3)16-19(4)26(22)33-27(23)28(31)29(24)14-8-6-2/h10-13,16-17,24H,5-9,14-15H2,1-4H3. The van der Waals surface area contributed by atoms with Gasteiger partial charge < -0.3 is 14.1 Å². The summed E-state index contributed by atoms with van der Waals surface area (Å²) in [7, 11) is 0. The van der Waals surface area contributed by atoms with E-state index >= 15 is 0 Å². The number of ether oxygens (including phenoxy) is 1. The van der Waals surface area contributed by atoms with Crippen molar-refractivity contribution in [3.05, 3.63) is 74.6 Å². The van der Waals surface area contributed by atoms with Crippen molar-refractivity contribution in [2.45, 2.75) is 65.8 Å². The molecule has 5 nitrogen and oxygen atoms in total. The fourth-order valence-corrected chi connectivity index (χ4v) is 4.67. The van der Waals surface area contributed by atoms with Crippen LogP contribution in [-0.2, 0) is 0 Å². The second kappa shape index (κ2) is 9.82. The van der Waals surface area contributed by atoms with E-state index in [1.807, 2.05) is 50.2 Å². The summed E-state index contributed by atoms with van der Waals surface area (Å²) in [6.07, 6.45) is 5.15. The minimum Gasteiger partial charge on any atom is -0.494 e. The van der Waals surface area contributed by atoms with Crippen molar-refractivity contribution < 1.29 is 13.9 Å². The fourth-order valence-electron chi connectivity index (χ4n) is 4.67. The van der Waals surface area contributed by atoms with E-state index in [-0.39, 0.29) is 17.1 Å². The first kappa shape index (κ1) is 23.1. The van der Waals surface area contributed by atoms with Crippen molar-refractivity contribution >= 4 is 16.9 Å².